The van der Waals surface area contributed by atoms with E-state index in [1.807, 2.05) is 25.1 Å². The predicted octanol–water partition coefficient (Wildman–Crippen LogP) is 2.82. The van der Waals surface area contributed by atoms with E-state index >= 15 is 0 Å². The van der Waals surface area contributed by atoms with Crippen LogP contribution in [0.2, 0.25) is 0 Å². The molecular weight excluding hydrogens is 292 g/mol. The number of ether oxygens (including phenoxy) is 2. The Labute approximate surface area is 135 Å². The molecule has 0 aromatic heterocycles. The van der Waals surface area contributed by atoms with Crippen LogP contribution in [0.1, 0.15) is 36.3 Å². The van der Waals surface area contributed by atoms with Gasteiger partial charge in [-0.2, -0.15) is 5.26 Å². The highest BCUT2D eigenvalue weighted by atomic mass is 16.5. The van der Waals surface area contributed by atoms with Crippen molar-refractivity contribution < 1.29 is 14.3 Å². The molecule has 1 aliphatic heterocycles. The number of allylic oxidation sites excluding steroid dienone is 3. The van der Waals surface area contributed by atoms with Gasteiger partial charge in [0.25, 0.3) is 0 Å². The van der Waals surface area contributed by atoms with Crippen LogP contribution in [0.4, 0.5) is 0 Å². The van der Waals surface area contributed by atoms with Gasteiger partial charge in [0.2, 0.25) is 5.88 Å². The first kappa shape index (κ1) is 15.2. The molecule has 0 saturated heterocycles. The molecule has 2 N–H and O–H groups in total. The van der Waals surface area contributed by atoms with Crippen molar-refractivity contribution in [1.29, 1.82) is 5.26 Å². The molecule has 2 aliphatic rings. The van der Waals surface area contributed by atoms with Crippen molar-refractivity contribution in [2.24, 2.45) is 5.73 Å². The van der Waals surface area contributed by atoms with E-state index in [4.69, 9.17) is 15.2 Å². The monoisotopic (exact) mass is 310 g/mol. The first-order chi connectivity index (χ1) is 11.1. The smallest absolute Gasteiger partial charge is 0.205 e. The second-order valence-electron chi connectivity index (χ2n) is 5.77. The van der Waals surface area contributed by atoms with Gasteiger partial charge in [0.1, 0.15) is 23.2 Å². The number of hydrogen-bond acceptors (Lipinski definition) is 5. The Kier molecular flexibility index (Phi) is 3.83. The molecule has 1 aromatic carbocycles. The van der Waals surface area contributed by atoms with E-state index in [2.05, 4.69) is 6.07 Å². The molecule has 1 atom stereocenters. The van der Waals surface area contributed by atoms with E-state index in [-0.39, 0.29) is 11.7 Å². The SMILES string of the molecule is COc1ccc([C@H]2C(C#N)=C(N)OC3=C2C(=O)CCC3)cc1C. The summed E-state index contributed by atoms with van der Waals surface area (Å²) in [5, 5.41) is 9.51. The average Bonchev–Trinajstić information content (AvgIpc) is 2.53. The van der Waals surface area contributed by atoms with E-state index in [1.54, 1.807) is 7.11 Å². The number of nitriles is 1. The van der Waals surface area contributed by atoms with E-state index in [0.29, 0.717) is 29.7 Å². The van der Waals surface area contributed by atoms with Crippen molar-refractivity contribution in [3.05, 3.63) is 52.1 Å². The van der Waals surface area contributed by atoms with Gasteiger partial charge < -0.3 is 15.2 Å². The van der Waals surface area contributed by atoms with Crippen LogP contribution < -0.4 is 10.5 Å². The van der Waals surface area contributed by atoms with Crippen LogP contribution in [-0.2, 0) is 9.53 Å². The number of nitrogens with two attached hydrogens (primary N) is 1. The summed E-state index contributed by atoms with van der Waals surface area (Å²) in [6, 6.07) is 7.77. The lowest BCUT2D eigenvalue weighted by molar-refractivity contribution is -0.116. The number of benzene rings is 1. The van der Waals surface area contributed by atoms with E-state index < -0.39 is 5.92 Å². The molecule has 1 aliphatic carbocycles. The molecule has 0 fully saturated rings. The number of hydrogen-bond donors (Lipinski definition) is 1. The zero-order chi connectivity index (χ0) is 16.6. The Hall–Kier alpha value is -2.74. The standard InChI is InChI=1S/C18H18N2O3/c1-10-8-11(6-7-14(10)22-2)16-12(9-19)18(20)23-15-5-3-4-13(21)17(15)16/h6-8,16H,3-5,20H2,1-2H3/t16-/m0/s1. The summed E-state index contributed by atoms with van der Waals surface area (Å²) in [6.07, 6.45) is 1.90. The van der Waals surface area contributed by atoms with Crippen LogP contribution in [0.3, 0.4) is 0 Å². The van der Waals surface area contributed by atoms with Gasteiger partial charge in [0.15, 0.2) is 5.78 Å². The van der Waals surface area contributed by atoms with Crippen LogP contribution in [0.5, 0.6) is 5.75 Å². The summed E-state index contributed by atoms with van der Waals surface area (Å²) in [5.41, 5.74) is 8.60. The minimum atomic E-state index is -0.457. The maximum atomic E-state index is 12.5. The fourth-order valence-electron chi connectivity index (χ4n) is 3.27. The van der Waals surface area contributed by atoms with Gasteiger partial charge in [-0.15, -0.1) is 0 Å². The van der Waals surface area contributed by atoms with Crippen molar-refractivity contribution in [1.82, 2.24) is 0 Å². The van der Waals surface area contributed by atoms with Gasteiger partial charge in [-0.05, 0) is 30.5 Å². The molecule has 118 valence electrons. The number of Topliss-reactive ketones (excluding diaryl/α,β-unsaturated/α-hetero) is 1. The highest BCUT2D eigenvalue weighted by molar-refractivity contribution is 5.99. The number of nitrogens with zero attached hydrogens (tertiary/aromatic N) is 1. The summed E-state index contributed by atoms with van der Waals surface area (Å²) in [7, 11) is 1.61. The van der Waals surface area contributed by atoms with Crippen molar-refractivity contribution >= 4 is 5.78 Å². The fourth-order valence-corrected chi connectivity index (χ4v) is 3.27. The van der Waals surface area contributed by atoms with Crippen molar-refractivity contribution in [3.63, 3.8) is 0 Å². The molecule has 0 spiro atoms. The number of rotatable bonds is 2. The van der Waals surface area contributed by atoms with E-state index in [1.165, 1.54) is 0 Å². The van der Waals surface area contributed by atoms with Crippen molar-refractivity contribution in [2.75, 3.05) is 7.11 Å². The Morgan fingerprint density at radius 1 is 1.39 bits per heavy atom. The van der Waals surface area contributed by atoms with Gasteiger partial charge in [-0.1, -0.05) is 12.1 Å². The summed E-state index contributed by atoms with van der Waals surface area (Å²) < 4.78 is 10.8. The van der Waals surface area contributed by atoms with Crippen LogP contribution in [0.15, 0.2) is 41.0 Å². The zero-order valence-corrected chi connectivity index (χ0v) is 13.2. The molecule has 0 unspecified atom stereocenters. The molecule has 5 heteroatoms. The number of ketones is 1. The largest absolute Gasteiger partial charge is 0.496 e. The Bertz CT molecular complexity index is 784. The van der Waals surface area contributed by atoms with Crippen LogP contribution in [0.25, 0.3) is 0 Å². The number of carbonyl (C=O) groups excluding carboxylic acids is 1. The van der Waals surface area contributed by atoms with Gasteiger partial charge >= 0.3 is 0 Å². The lowest BCUT2D eigenvalue weighted by Crippen LogP contribution is -2.27. The third-order valence-electron chi connectivity index (χ3n) is 4.36. The van der Waals surface area contributed by atoms with Crippen LogP contribution in [0, 0.1) is 18.3 Å². The average molecular weight is 310 g/mol. The fraction of sp³-hybridized carbons (Fsp3) is 0.333. The van der Waals surface area contributed by atoms with Crippen LogP contribution in [-0.4, -0.2) is 12.9 Å². The van der Waals surface area contributed by atoms with E-state index in [9.17, 15) is 10.1 Å². The van der Waals surface area contributed by atoms with E-state index in [0.717, 1.165) is 23.3 Å². The molecule has 3 rings (SSSR count). The lowest BCUT2D eigenvalue weighted by atomic mass is 9.77. The maximum Gasteiger partial charge on any atom is 0.205 e. The third kappa shape index (κ3) is 2.46. The predicted molar refractivity (Wildman–Crippen MR) is 84.3 cm³/mol. The molecule has 1 aromatic rings. The Morgan fingerprint density at radius 2 is 2.17 bits per heavy atom. The second-order valence-corrected chi connectivity index (χ2v) is 5.77. The molecular formula is C18H18N2O3. The number of aryl methyl sites for hydroxylation is 1. The molecule has 0 amide bonds. The minimum absolute atomic E-state index is 0.0324. The van der Waals surface area contributed by atoms with Gasteiger partial charge in [-0.25, -0.2) is 0 Å². The Balaban J connectivity index is 2.17. The number of carbonyl (C=O) groups is 1. The maximum absolute atomic E-state index is 12.5. The van der Waals surface area contributed by atoms with Gasteiger partial charge in [0.05, 0.1) is 13.0 Å². The topological polar surface area (TPSA) is 85.3 Å². The summed E-state index contributed by atoms with van der Waals surface area (Å²) in [6.45, 7) is 1.93. The first-order valence-electron chi connectivity index (χ1n) is 7.55. The Morgan fingerprint density at radius 3 is 2.83 bits per heavy atom. The molecule has 1 heterocycles. The highest BCUT2D eigenvalue weighted by Gasteiger charge is 2.38. The third-order valence-corrected chi connectivity index (χ3v) is 4.36. The van der Waals surface area contributed by atoms with Crippen LogP contribution >= 0.6 is 0 Å². The molecule has 5 nitrogen and oxygen atoms in total. The summed E-state index contributed by atoms with van der Waals surface area (Å²) >= 11 is 0. The van der Waals surface area contributed by atoms with Gasteiger partial charge in [0, 0.05) is 18.4 Å². The second kappa shape index (κ2) is 5.81. The number of methoxy groups -OCH3 is 1. The van der Waals surface area contributed by atoms with Gasteiger partial charge in [-0.3, -0.25) is 4.79 Å². The summed E-state index contributed by atoms with van der Waals surface area (Å²) in [5.74, 6) is 1.04. The molecule has 0 bridgehead atoms. The van der Waals surface area contributed by atoms with Crippen molar-refractivity contribution in [3.8, 4) is 11.8 Å². The van der Waals surface area contributed by atoms with Crippen molar-refractivity contribution in [2.45, 2.75) is 32.1 Å². The summed E-state index contributed by atoms with van der Waals surface area (Å²) in [4.78, 5) is 12.5. The normalized spacial score (nSPS) is 20.7. The first-order valence-corrected chi connectivity index (χ1v) is 7.55. The highest BCUT2D eigenvalue weighted by Crippen LogP contribution is 2.43. The molecule has 0 saturated carbocycles. The minimum Gasteiger partial charge on any atom is -0.496 e. The zero-order valence-electron chi connectivity index (χ0n) is 13.2. The lowest BCUT2D eigenvalue weighted by Gasteiger charge is -2.31. The molecule has 0 radical (unpaired) electrons. The molecule has 23 heavy (non-hydrogen) atoms. The quantitative estimate of drug-likeness (QED) is 0.907.